The van der Waals surface area contributed by atoms with Crippen molar-refractivity contribution >= 4 is 0 Å². The van der Waals surface area contributed by atoms with Crippen LogP contribution < -0.4 is 4.74 Å². The largest absolute Gasteiger partial charge is 0.497 e. The van der Waals surface area contributed by atoms with Gasteiger partial charge in [0.15, 0.2) is 0 Å². The zero-order chi connectivity index (χ0) is 13.9. The van der Waals surface area contributed by atoms with Gasteiger partial charge in [-0.15, -0.1) is 0 Å². The highest BCUT2D eigenvalue weighted by Gasteiger charge is 2.26. The molecular formula is C15H16FNO2. The predicted octanol–water partition coefficient (Wildman–Crippen LogP) is 2.68. The smallest absolute Gasteiger partial charge is 0.147 e. The number of ether oxygens (including phenoxy) is 1. The first-order valence-electron chi connectivity index (χ1n) is 5.98. The van der Waals surface area contributed by atoms with Crippen LogP contribution in [0, 0.1) is 5.82 Å². The van der Waals surface area contributed by atoms with Gasteiger partial charge in [-0.05, 0) is 30.7 Å². The second kappa shape index (κ2) is 5.36. The quantitative estimate of drug-likeness (QED) is 0.920. The summed E-state index contributed by atoms with van der Waals surface area (Å²) in [5.74, 6) is 0.250. The van der Waals surface area contributed by atoms with Crippen LogP contribution in [0.1, 0.15) is 18.1 Å². The van der Waals surface area contributed by atoms with Crippen LogP contribution in [0.4, 0.5) is 4.39 Å². The van der Waals surface area contributed by atoms with Crippen molar-refractivity contribution in [3.8, 4) is 5.75 Å². The van der Waals surface area contributed by atoms with Gasteiger partial charge in [0.25, 0.3) is 0 Å². The first-order chi connectivity index (χ1) is 9.03. The number of nitrogens with zero attached hydrogens (tertiary/aromatic N) is 1. The van der Waals surface area contributed by atoms with Crippen LogP contribution in [-0.2, 0) is 12.0 Å². The molecule has 2 rings (SSSR count). The van der Waals surface area contributed by atoms with Gasteiger partial charge < -0.3 is 9.84 Å². The van der Waals surface area contributed by atoms with Gasteiger partial charge in [0.2, 0.25) is 0 Å². The van der Waals surface area contributed by atoms with Gasteiger partial charge in [-0.2, -0.15) is 0 Å². The van der Waals surface area contributed by atoms with Crippen LogP contribution in [0.15, 0.2) is 42.7 Å². The average molecular weight is 261 g/mol. The number of aliphatic hydroxyl groups is 1. The lowest BCUT2D eigenvalue weighted by Crippen LogP contribution is -2.25. The molecule has 1 atom stereocenters. The molecule has 1 aromatic carbocycles. The number of aromatic nitrogens is 1. The Labute approximate surface area is 111 Å². The van der Waals surface area contributed by atoms with Gasteiger partial charge in [0.05, 0.1) is 18.9 Å². The Morgan fingerprint density at radius 2 is 1.95 bits per heavy atom. The van der Waals surface area contributed by atoms with Crippen molar-refractivity contribution in [2.24, 2.45) is 0 Å². The number of pyridine rings is 1. The molecule has 0 spiro atoms. The molecule has 0 fully saturated rings. The molecule has 0 saturated carbocycles. The molecule has 100 valence electrons. The van der Waals surface area contributed by atoms with E-state index in [9.17, 15) is 9.50 Å². The Bertz CT molecular complexity index is 552. The van der Waals surface area contributed by atoms with Gasteiger partial charge >= 0.3 is 0 Å². The van der Waals surface area contributed by atoms with Crippen molar-refractivity contribution in [1.29, 1.82) is 0 Å². The summed E-state index contributed by atoms with van der Waals surface area (Å²) in [6, 6.07) is 8.83. The fourth-order valence-electron chi connectivity index (χ4n) is 2.05. The second-order valence-corrected chi connectivity index (χ2v) is 4.65. The average Bonchev–Trinajstić information content (AvgIpc) is 2.39. The standard InChI is InChI=1S/C15H16FNO2/c1-15(18,13-7-8-17-10-14(13)16)9-11-3-5-12(19-2)6-4-11/h3-8,10,18H,9H2,1-2H3. The molecule has 1 N–H and O–H groups in total. The fraction of sp³-hybridized carbons (Fsp3) is 0.267. The van der Waals surface area contributed by atoms with E-state index in [4.69, 9.17) is 4.74 Å². The first kappa shape index (κ1) is 13.5. The molecule has 0 saturated heterocycles. The number of halogens is 1. The Hall–Kier alpha value is -1.94. The minimum Gasteiger partial charge on any atom is -0.497 e. The van der Waals surface area contributed by atoms with Crippen molar-refractivity contribution in [1.82, 2.24) is 4.98 Å². The number of rotatable bonds is 4. The lowest BCUT2D eigenvalue weighted by atomic mass is 9.89. The van der Waals surface area contributed by atoms with Gasteiger partial charge in [-0.1, -0.05) is 12.1 Å². The third-order valence-electron chi connectivity index (χ3n) is 3.06. The van der Waals surface area contributed by atoms with Gasteiger partial charge in [0, 0.05) is 18.2 Å². The summed E-state index contributed by atoms with van der Waals surface area (Å²) in [6.07, 6.45) is 2.90. The van der Waals surface area contributed by atoms with E-state index in [0.29, 0.717) is 6.42 Å². The van der Waals surface area contributed by atoms with Gasteiger partial charge in [-0.3, -0.25) is 4.98 Å². The molecule has 0 aliphatic heterocycles. The van der Waals surface area contributed by atoms with Crippen LogP contribution >= 0.6 is 0 Å². The summed E-state index contributed by atoms with van der Waals surface area (Å²) in [4.78, 5) is 3.69. The van der Waals surface area contributed by atoms with Crippen molar-refractivity contribution in [2.45, 2.75) is 18.9 Å². The van der Waals surface area contributed by atoms with Gasteiger partial charge in [-0.25, -0.2) is 4.39 Å². The summed E-state index contributed by atoms with van der Waals surface area (Å²) in [7, 11) is 1.59. The third kappa shape index (κ3) is 3.09. The summed E-state index contributed by atoms with van der Waals surface area (Å²) >= 11 is 0. The van der Waals surface area contributed by atoms with Crippen LogP contribution in [0.25, 0.3) is 0 Å². The molecule has 4 heteroatoms. The molecule has 0 radical (unpaired) electrons. The van der Waals surface area contributed by atoms with Crippen LogP contribution in [-0.4, -0.2) is 17.2 Å². The topological polar surface area (TPSA) is 42.4 Å². The lowest BCUT2D eigenvalue weighted by Gasteiger charge is -2.24. The Kier molecular flexibility index (Phi) is 3.81. The molecule has 0 amide bonds. The van der Waals surface area contributed by atoms with E-state index in [1.54, 1.807) is 14.0 Å². The molecule has 1 unspecified atom stereocenters. The molecule has 1 aromatic heterocycles. The SMILES string of the molecule is COc1ccc(CC(C)(O)c2ccncc2F)cc1. The maximum atomic E-state index is 13.7. The molecule has 0 aliphatic rings. The molecule has 1 heterocycles. The lowest BCUT2D eigenvalue weighted by molar-refractivity contribution is 0.0536. The highest BCUT2D eigenvalue weighted by atomic mass is 19.1. The van der Waals surface area contributed by atoms with E-state index in [1.807, 2.05) is 24.3 Å². The molecule has 19 heavy (non-hydrogen) atoms. The van der Waals surface area contributed by atoms with Crippen molar-refractivity contribution in [2.75, 3.05) is 7.11 Å². The number of hydrogen-bond donors (Lipinski definition) is 1. The fourth-order valence-corrected chi connectivity index (χ4v) is 2.05. The third-order valence-corrected chi connectivity index (χ3v) is 3.06. The number of hydrogen-bond acceptors (Lipinski definition) is 3. The maximum absolute atomic E-state index is 13.7. The molecule has 2 aromatic rings. The Morgan fingerprint density at radius 3 is 2.53 bits per heavy atom. The van der Waals surface area contributed by atoms with Crippen molar-refractivity contribution < 1.29 is 14.2 Å². The first-order valence-corrected chi connectivity index (χ1v) is 5.98. The van der Waals surface area contributed by atoms with Crippen LogP contribution in [0.2, 0.25) is 0 Å². The number of benzene rings is 1. The maximum Gasteiger partial charge on any atom is 0.147 e. The van der Waals surface area contributed by atoms with Gasteiger partial charge in [0.1, 0.15) is 11.6 Å². The molecule has 0 aliphatic carbocycles. The molecule has 3 nitrogen and oxygen atoms in total. The van der Waals surface area contributed by atoms with Crippen LogP contribution in [0.3, 0.4) is 0 Å². The zero-order valence-electron chi connectivity index (χ0n) is 10.9. The summed E-state index contributed by atoms with van der Waals surface area (Å²) in [5, 5.41) is 10.4. The van der Waals surface area contributed by atoms with E-state index >= 15 is 0 Å². The predicted molar refractivity (Wildman–Crippen MR) is 70.5 cm³/mol. The van der Waals surface area contributed by atoms with E-state index in [2.05, 4.69) is 4.98 Å². The van der Waals surface area contributed by atoms with Crippen molar-refractivity contribution in [3.05, 3.63) is 59.7 Å². The molecular weight excluding hydrogens is 245 g/mol. The summed E-state index contributed by atoms with van der Waals surface area (Å²) in [6.45, 7) is 1.59. The zero-order valence-corrected chi connectivity index (χ0v) is 10.9. The van der Waals surface area contributed by atoms with E-state index in [0.717, 1.165) is 17.5 Å². The second-order valence-electron chi connectivity index (χ2n) is 4.65. The minimum absolute atomic E-state index is 0.248. The normalized spacial score (nSPS) is 13.9. The molecule has 0 bridgehead atoms. The van der Waals surface area contributed by atoms with E-state index < -0.39 is 11.4 Å². The van der Waals surface area contributed by atoms with E-state index in [1.165, 1.54) is 12.3 Å². The van der Waals surface area contributed by atoms with Crippen LogP contribution in [0.5, 0.6) is 5.75 Å². The minimum atomic E-state index is -1.28. The monoisotopic (exact) mass is 261 g/mol. The Balaban J connectivity index is 2.23. The highest BCUT2D eigenvalue weighted by molar-refractivity contribution is 5.30. The Morgan fingerprint density at radius 1 is 1.26 bits per heavy atom. The number of methoxy groups -OCH3 is 1. The summed E-state index contributed by atoms with van der Waals surface area (Å²) < 4.78 is 18.7. The highest BCUT2D eigenvalue weighted by Crippen LogP contribution is 2.27. The van der Waals surface area contributed by atoms with Crippen molar-refractivity contribution in [3.63, 3.8) is 0 Å². The van der Waals surface area contributed by atoms with E-state index in [-0.39, 0.29) is 5.56 Å². The summed E-state index contributed by atoms with van der Waals surface area (Å²) in [5.41, 5.74) is -0.123.